The van der Waals surface area contributed by atoms with Gasteiger partial charge in [-0.15, -0.1) is 0 Å². The molecule has 112 valence electrons. The number of sulfone groups is 1. The Bertz CT molecular complexity index is 766. The lowest BCUT2D eigenvalue weighted by atomic mass is 10.2. The Hall–Kier alpha value is -2.41. The van der Waals surface area contributed by atoms with Crippen molar-refractivity contribution < 1.29 is 8.42 Å². The Morgan fingerprint density at radius 3 is 1.38 bits per heavy atom. The van der Waals surface area contributed by atoms with Crippen molar-refractivity contribution in [1.82, 2.24) is 0 Å². The third-order valence-corrected chi connectivity index (χ3v) is 5.55. The molecule has 0 heterocycles. The standard InChI is InChI=1S/C14H18N4O2S/c1-7-3-5-9(15)11(17)13(7)21(19,20)14-8(2)4-6-10(16)12(14)18/h3-6H,15-18H2,1-2H3. The van der Waals surface area contributed by atoms with Crippen LogP contribution < -0.4 is 22.9 Å². The average molecular weight is 306 g/mol. The third-order valence-electron chi connectivity index (χ3n) is 3.39. The molecule has 0 bridgehead atoms. The van der Waals surface area contributed by atoms with E-state index in [1.165, 1.54) is 0 Å². The van der Waals surface area contributed by atoms with Crippen LogP contribution in [0.4, 0.5) is 22.7 Å². The topological polar surface area (TPSA) is 138 Å². The van der Waals surface area contributed by atoms with Crippen molar-refractivity contribution in [3.8, 4) is 0 Å². The summed E-state index contributed by atoms with van der Waals surface area (Å²) in [6.07, 6.45) is 0. The van der Waals surface area contributed by atoms with Crippen molar-refractivity contribution in [2.75, 3.05) is 22.9 Å². The maximum absolute atomic E-state index is 13.0. The quantitative estimate of drug-likeness (QED) is 0.620. The summed E-state index contributed by atoms with van der Waals surface area (Å²) in [4.78, 5) is -0.0502. The maximum atomic E-state index is 13.0. The van der Waals surface area contributed by atoms with Gasteiger partial charge in [0.05, 0.1) is 32.5 Å². The Morgan fingerprint density at radius 2 is 1.05 bits per heavy atom. The number of aryl methyl sites for hydroxylation is 2. The zero-order chi connectivity index (χ0) is 15.9. The van der Waals surface area contributed by atoms with Crippen LogP contribution in [0.15, 0.2) is 34.1 Å². The van der Waals surface area contributed by atoms with E-state index >= 15 is 0 Å². The molecule has 0 saturated heterocycles. The minimum atomic E-state index is -3.92. The summed E-state index contributed by atoms with van der Waals surface area (Å²) in [6, 6.07) is 6.35. The van der Waals surface area contributed by atoms with Crippen molar-refractivity contribution in [3.05, 3.63) is 35.4 Å². The van der Waals surface area contributed by atoms with Crippen LogP contribution in [0.2, 0.25) is 0 Å². The van der Waals surface area contributed by atoms with Gasteiger partial charge in [0.15, 0.2) is 0 Å². The molecular formula is C14H18N4O2S. The molecule has 0 amide bonds. The minimum Gasteiger partial charge on any atom is -0.397 e. The Balaban J connectivity index is 2.88. The Labute approximate surface area is 123 Å². The molecule has 0 aliphatic rings. The van der Waals surface area contributed by atoms with Crippen LogP contribution in [-0.2, 0) is 9.84 Å². The minimum absolute atomic E-state index is 0.0243. The van der Waals surface area contributed by atoms with Gasteiger partial charge in [0.2, 0.25) is 9.84 Å². The van der Waals surface area contributed by atoms with Crippen molar-refractivity contribution in [2.24, 2.45) is 0 Å². The zero-order valence-electron chi connectivity index (χ0n) is 11.8. The summed E-state index contributed by atoms with van der Waals surface area (Å²) < 4.78 is 25.9. The highest BCUT2D eigenvalue weighted by molar-refractivity contribution is 7.92. The van der Waals surface area contributed by atoms with E-state index in [1.54, 1.807) is 38.1 Å². The van der Waals surface area contributed by atoms with Gasteiger partial charge in [0.25, 0.3) is 0 Å². The lowest BCUT2D eigenvalue weighted by molar-refractivity contribution is 0.596. The molecule has 0 atom stereocenters. The molecule has 0 aliphatic carbocycles. The molecule has 6 nitrogen and oxygen atoms in total. The summed E-state index contributed by atoms with van der Waals surface area (Å²) in [7, 11) is -3.92. The van der Waals surface area contributed by atoms with E-state index < -0.39 is 9.84 Å². The first-order valence-corrected chi connectivity index (χ1v) is 7.70. The number of rotatable bonds is 2. The first kappa shape index (κ1) is 15.0. The van der Waals surface area contributed by atoms with Gasteiger partial charge in [0.1, 0.15) is 0 Å². The number of nitrogen functional groups attached to an aromatic ring is 4. The van der Waals surface area contributed by atoms with E-state index in [0.717, 1.165) is 0 Å². The first-order chi connectivity index (χ1) is 9.67. The number of hydrogen-bond acceptors (Lipinski definition) is 6. The van der Waals surface area contributed by atoms with Crippen LogP contribution in [0.25, 0.3) is 0 Å². The summed E-state index contributed by atoms with van der Waals surface area (Å²) in [5.41, 5.74) is 24.7. The van der Waals surface area contributed by atoms with Crippen LogP contribution in [0.5, 0.6) is 0 Å². The van der Waals surface area contributed by atoms with Gasteiger partial charge in [0, 0.05) is 0 Å². The molecule has 0 spiro atoms. The second-order valence-corrected chi connectivity index (χ2v) is 6.76. The molecule has 21 heavy (non-hydrogen) atoms. The van der Waals surface area contributed by atoms with Crippen molar-refractivity contribution in [3.63, 3.8) is 0 Å². The molecule has 2 aromatic rings. The summed E-state index contributed by atoms with van der Waals surface area (Å²) >= 11 is 0. The SMILES string of the molecule is Cc1ccc(N)c(N)c1S(=O)(=O)c1c(C)ccc(N)c1N. The zero-order valence-corrected chi connectivity index (χ0v) is 12.7. The van der Waals surface area contributed by atoms with Crippen LogP contribution in [-0.4, -0.2) is 8.42 Å². The van der Waals surface area contributed by atoms with E-state index in [2.05, 4.69) is 0 Å². The second-order valence-electron chi connectivity index (χ2n) is 4.93. The predicted molar refractivity (Wildman–Crippen MR) is 85.5 cm³/mol. The molecule has 0 unspecified atom stereocenters. The normalized spacial score (nSPS) is 11.5. The highest BCUT2D eigenvalue weighted by atomic mass is 32.2. The van der Waals surface area contributed by atoms with Gasteiger partial charge in [-0.1, -0.05) is 12.1 Å². The molecule has 2 aromatic carbocycles. The Kier molecular flexibility index (Phi) is 3.46. The van der Waals surface area contributed by atoms with Crippen molar-refractivity contribution in [2.45, 2.75) is 23.6 Å². The first-order valence-electron chi connectivity index (χ1n) is 6.22. The molecule has 0 aromatic heterocycles. The van der Waals surface area contributed by atoms with E-state index in [9.17, 15) is 8.42 Å². The van der Waals surface area contributed by atoms with Crippen molar-refractivity contribution in [1.29, 1.82) is 0 Å². The van der Waals surface area contributed by atoms with Gasteiger partial charge < -0.3 is 22.9 Å². The predicted octanol–water partition coefficient (Wildman–Crippen LogP) is 1.47. The van der Waals surface area contributed by atoms with Gasteiger partial charge in [-0.2, -0.15) is 0 Å². The number of anilines is 4. The monoisotopic (exact) mass is 306 g/mol. The molecule has 0 saturated carbocycles. The van der Waals surface area contributed by atoms with Crippen LogP contribution in [0.1, 0.15) is 11.1 Å². The van der Waals surface area contributed by atoms with Crippen LogP contribution in [0.3, 0.4) is 0 Å². The van der Waals surface area contributed by atoms with Crippen molar-refractivity contribution >= 4 is 32.6 Å². The molecule has 0 aliphatic heterocycles. The number of benzene rings is 2. The fraction of sp³-hybridized carbons (Fsp3) is 0.143. The molecule has 8 N–H and O–H groups in total. The summed E-state index contributed by atoms with van der Waals surface area (Å²) in [5, 5.41) is 0. The number of hydrogen-bond donors (Lipinski definition) is 4. The second kappa shape index (κ2) is 4.85. The van der Waals surface area contributed by atoms with E-state index in [-0.39, 0.29) is 32.5 Å². The molecule has 0 fully saturated rings. The van der Waals surface area contributed by atoms with Gasteiger partial charge in [-0.3, -0.25) is 0 Å². The van der Waals surface area contributed by atoms with E-state index in [1.807, 2.05) is 0 Å². The van der Waals surface area contributed by atoms with Gasteiger partial charge in [-0.05, 0) is 37.1 Å². The van der Waals surface area contributed by atoms with Gasteiger partial charge >= 0.3 is 0 Å². The number of nitrogens with two attached hydrogens (primary N) is 4. The average Bonchev–Trinajstić information content (AvgIpc) is 2.39. The largest absolute Gasteiger partial charge is 0.397 e. The maximum Gasteiger partial charge on any atom is 0.211 e. The lowest BCUT2D eigenvalue weighted by Gasteiger charge is -2.16. The molecule has 7 heteroatoms. The smallest absolute Gasteiger partial charge is 0.211 e. The fourth-order valence-corrected chi connectivity index (χ4v) is 4.27. The highest BCUT2D eigenvalue weighted by Gasteiger charge is 2.28. The Morgan fingerprint density at radius 1 is 0.714 bits per heavy atom. The molecular weight excluding hydrogens is 288 g/mol. The lowest BCUT2D eigenvalue weighted by Crippen LogP contribution is -2.13. The third kappa shape index (κ3) is 2.25. The van der Waals surface area contributed by atoms with E-state index in [0.29, 0.717) is 11.1 Å². The van der Waals surface area contributed by atoms with Crippen LogP contribution in [0, 0.1) is 13.8 Å². The highest BCUT2D eigenvalue weighted by Crippen LogP contribution is 2.37. The van der Waals surface area contributed by atoms with E-state index in [4.69, 9.17) is 22.9 Å². The molecule has 2 rings (SSSR count). The van der Waals surface area contributed by atoms with Gasteiger partial charge in [-0.25, -0.2) is 8.42 Å². The fourth-order valence-electron chi connectivity index (χ4n) is 2.26. The summed E-state index contributed by atoms with van der Waals surface area (Å²) in [5.74, 6) is 0. The summed E-state index contributed by atoms with van der Waals surface area (Å²) in [6.45, 7) is 3.31. The van der Waals surface area contributed by atoms with Crippen LogP contribution >= 0.6 is 0 Å². The molecule has 0 radical (unpaired) electrons.